The highest BCUT2D eigenvalue weighted by Gasteiger charge is 2.30. The van der Waals surface area contributed by atoms with Gasteiger partial charge >= 0.3 is 5.97 Å². The van der Waals surface area contributed by atoms with Gasteiger partial charge in [0, 0.05) is 0 Å². The fourth-order valence-corrected chi connectivity index (χ4v) is 5.30. The third-order valence-electron chi connectivity index (χ3n) is 8.22. The Balaban J connectivity index is 1.97. The van der Waals surface area contributed by atoms with Crippen LogP contribution in [0.3, 0.4) is 0 Å². The first-order chi connectivity index (χ1) is 20.4. The van der Waals surface area contributed by atoms with Gasteiger partial charge in [0.1, 0.15) is 31.0 Å². The number of aliphatic hydroxyl groups excluding tert-OH is 5. The molecular formula is C35H62O7. The van der Waals surface area contributed by atoms with Crippen LogP contribution in [0.25, 0.3) is 0 Å². The number of aryl methyl sites for hydroxylation is 1. The van der Waals surface area contributed by atoms with Gasteiger partial charge in [-0.25, -0.2) is 4.79 Å². The molecule has 0 amide bonds. The molecule has 0 radical (unpaired) electrons. The van der Waals surface area contributed by atoms with Crippen molar-refractivity contribution in [3.63, 3.8) is 0 Å². The van der Waals surface area contributed by atoms with Crippen LogP contribution in [-0.2, 0) is 11.2 Å². The van der Waals surface area contributed by atoms with Gasteiger partial charge in [0.05, 0.1) is 12.2 Å². The molecule has 1 aromatic rings. The largest absolute Gasteiger partial charge is 0.459 e. The Morgan fingerprint density at radius 1 is 0.595 bits per heavy atom. The van der Waals surface area contributed by atoms with Crippen molar-refractivity contribution in [1.29, 1.82) is 0 Å². The maximum Gasteiger partial charge on any atom is 0.338 e. The van der Waals surface area contributed by atoms with Crippen molar-refractivity contribution in [1.82, 2.24) is 0 Å². The molecule has 0 fully saturated rings. The number of ether oxygens (including phenoxy) is 1. The van der Waals surface area contributed by atoms with Gasteiger partial charge in [-0.15, -0.1) is 0 Å². The van der Waals surface area contributed by atoms with E-state index < -0.39 is 43.6 Å². The Morgan fingerprint density at radius 3 is 1.38 bits per heavy atom. The number of rotatable bonds is 28. The fourth-order valence-electron chi connectivity index (χ4n) is 5.30. The Hall–Kier alpha value is -1.51. The summed E-state index contributed by atoms with van der Waals surface area (Å²) in [6.45, 7) is 0.966. The van der Waals surface area contributed by atoms with Gasteiger partial charge in [-0.1, -0.05) is 141 Å². The Bertz CT molecular complexity index is 754. The van der Waals surface area contributed by atoms with E-state index in [9.17, 15) is 25.2 Å². The average molecular weight is 595 g/mol. The molecule has 0 aliphatic carbocycles. The Morgan fingerprint density at radius 2 is 0.976 bits per heavy atom. The van der Waals surface area contributed by atoms with E-state index in [0.29, 0.717) is 5.56 Å². The van der Waals surface area contributed by atoms with E-state index in [0.717, 1.165) is 18.4 Å². The second-order valence-corrected chi connectivity index (χ2v) is 12.1. The normalized spacial score (nSPS) is 14.4. The summed E-state index contributed by atoms with van der Waals surface area (Å²) < 4.78 is 5.02. The van der Waals surface area contributed by atoms with Gasteiger partial charge in [-0.3, -0.25) is 0 Å². The number of benzene rings is 1. The summed E-state index contributed by atoms with van der Waals surface area (Å²) >= 11 is 0. The summed E-state index contributed by atoms with van der Waals surface area (Å²) in [6.07, 6.45) is 21.6. The predicted molar refractivity (Wildman–Crippen MR) is 170 cm³/mol. The molecule has 1 rings (SSSR count). The molecule has 5 N–H and O–H groups in total. The van der Waals surface area contributed by atoms with Gasteiger partial charge in [0.25, 0.3) is 0 Å². The van der Waals surface area contributed by atoms with Crippen molar-refractivity contribution in [2.75, 3.05) is 13.2 Å². The lowest BCUT2D eigenvalue weighted by atomic mass is 10.0. The molecule has 0 bridgehead atoms. The van der Waals surface area contributed by atoms with Crippen molar-refractivity contribution >= 4 is 5.97 Å². The van der Waals surface area contributed by atoms with E-state index >= 15 is 0 Å². The molecule has 0 aliphatic heterocycles. The molecule has 0 unspecified atom stereocenters. The van der Waals surface area contributed by atoms with Crippen LogP contribution in [0.2, 0.25) is 0 Å². The fraction of sp³-hybridized carbons (Fsp3) is 0.800. The zero-order valence-electron chi connectivity index (χ0n) is 26.4. The highest BCUT2D eigenvalue weighted by Crippen LogP contribution is 2.16. The van der Waals surface area contributed by atoms with Gasteiger partial charge in [0.2, 0.25) is 0 Å². The number of esters is 1. The maximum atomic E-state index is 12.2. The van der Waals surface area contributed by atoms with Crippen molar-refractivity contribution in [2.45, 2.75) is 166 Å². The Kier molecular flexibility index (Phi) is 23.8. The van der Waals surface area contributed by atoms with Crippen molar-refractivity contribution in [3.8, 4) is 0 Å². The molecule has 7 nitrogen and oxygen atoms in total. The van der Waals surface area contributed by atoms with Crippen molar-refractivity contribution < 1.29 is 35.1 Å². The summed E-state index contributed by atoms with van der Waals surface area (Å²) in [5.74, 6) is -0.649. The lowest BCUT2D eigenvalue weighted by molar-refractivity contribution is -0.124. The Labute approximate surface area is 255 Å². The highest BCUT2D eigenvalue weighted by molar-refractivity contribution is 5.89. The molecule has 0 aromatic heterocycles. The average Bonchev–Trinajstić information content (AvgIpc) is 3.01. The van der Waals surface area contributed by atoms with E-state index in [1.807, 2.05) is 12.1 Å². The molecule has 0 heterocycles. The zero-order chi connectivity index (χ0) is 30.8. The topological polar surface area (TPSA) is 127 Å². The molecule has 42 heavy (non-hydrogen) atoms. The van der Waals surface area contributed by atoms with E-state index in [2.05, 4.69) is 6.92 Å². The predicted octanol–water partition coefficient (Wildman–Crippen LogP) is 6.64. The summed E-state index contributed by atoms with van der Waals surface area (Å²) in [5, 5.41) is 47.5. The van der Waals surface area contributed by atoms with E-state index in [1.165, 1.54) is 122 Å². The van der Waals surface area contributed by atoms with Crippen LogP contribution in [0.5, 0.6) is 0 Å². The first-order valence-corrected chi connectivity index (χ1v) is 17.0. The first-order valence-electron chi connectivity index (χ1n) is 17.0. The molecule has 0 aliphatic rings. The molecule has 244 valence electrons. The third kappa shape index (κ3) is 18.9. The minimum absolute atomic E-state index is 0.333. The number of carbonyl (C=O) groups excluding carboxylic acids is 1. The molecule has 1 aromatic carbocycles. The molecule has 0 spiro atoms. The molecule has 0 saturated heterocycles. The monoisotopic (exact) mass is 594 g/mol. The SMILES string of the molecule is CCCCCCCCCCCCCCCCCCCCCCc1ccc(C(=O)OC[C@@H](O)[C@@H](O)[C@H](O)[C@@H](O)CO)cc1. The quantitative estimate of drug-likeness (QED) is 0.0543. The highest BCUT2D eigenvalue weighted by atomic mass is 16.5. The van der Waals surface area contributed by atoms with E-state index in [4.69, 9.17) is 9.84 Å². The minimum Gasteiger partial charge on any atom is -0.459 e. The lowest BCUT2D eigenvalue weighted by Gasteiger charge is -2.25. The zero-order valence-corrected chi connectivity index (χ0v) is 26.4. The third-order valence-corrected chi connectivity index (χ3v) is 8.22. The summed E-state index contributed by atoms with van der Waals surface area (Å²) in [6, 6.07) is 7.17. The van der Waals surface area contributed by atoms with E-state index in [1.54, 1.807) is 12.1 Å². The smallest absolute Gasteiger partial charge is 0.338 e. The number of carbonyl (C=O) groups is 1. The van der Waals surface area contributed by atoms with Gasteiger partial charge in [-0.2, -0.15) is 0 Å². The van der Waals surface area contributed by atoms with Crippen LogP contribution in [-0.4, -0.2) is 69.1 Å². The number of hydrogen-bond acceptors (Lipinski definition) is 7. The molecule has 4 atom stereocenters. The van der Waals surface area contributed by atoms with Gasteiger partial charge in [0.15, 0.2) is 0 Å². The standard InChI is InChI=1S/C35H62O7/c1-2-3-4-5-6-7-8-9-10-11-12-13-14-15-16-17-18-19-20-21-22-29-23-25-30(26-24-29)35(41)42-28-32(38)34(40)33(39)31(37)27-36/h23-26,31-34,36-40H,2-22,27-28H2,1H3/t31-,32+,33+,34+/m0/s1. The van der Waals surface area contributed by atoms with Crippen LogP contribution in [0, 0.1) is 0 Å². The van der Waals surface area contributed by atoms with Crippen molar-refractivity contribution in [2.24, 2.45) is 0 Å². The molecule has 0 saturated carbocycles. The second-order valence-electron chi connectivity index (χ2n) is 12.1. The lowest BCUT2D eigenvalue weighted by Crippen LogP contribution is -2.47. The van der Waals surface area contributed by atoms with Crippen LogP contribution in [0.15, 0.2) is 24.3 Å². The number of aliphatic hydroxyl groups is 5. The second kappa shape index (κ2) is 25.9. The van der Waals surface area contributed by atoms with Crippen LogP contribution < -0.4 is 0 Å². The number of hydrogen-bond donors (Lipinski definition) is 5. The summed E-state index contributed by atoms with van der Waals surface area (Å²) in [5.41, 5.74) is 1.49. The maximum absolute atomic E-state index is 12.2. The van der Waals surface area contributed by atoms with Crippen molar-refractivity contribution in [3.05, 3.63) is 35.4 Å². The van der Waals surface area contributed by atoms with Crippen LogP contribution >= 0.6 is 0 Å². The van der Waals surface area contributed by atoms with Gasteiger partial charge < -0.3 is 30.3 Å². The number of unbranched alkanes of at least 4 members (excludes halogenated alkanes) is 19. The van der Waals surface area contributed by atoms with E-state index in [-0.39, 0.29) is 0 Å². The first kappa shape index (κ1) is 38.5. The molecule has 7 heteroatoms. The molecular weight excluding hydrogens is 532 g/mol. The van der Waals surface area contributed by atoms with Crippen LogP contribution in [0.1, 0.15) is 151 Å². The minimum atomic E-state index is -1.76. The summed E-state index contributed by atoms with van der Waals surface area (Å²) in [7, 11) is 0. The van der Waals surface area contributed by atoms with Crippen LogP contribution in [0.4, 0.5) is 0 Å². The summed E-state index contributed by atoms with van der Waals surface area (Å²) in [4.78, 5) is 12.2. The van der Waals surface area contributed by atoms with Gasteiger partial charge in [-0.05, 0) is 30.5 Å².